The summed E-state index contributed by atoms with van der Waals surface area (Å²) in [5.41, 5.74) is 3.69. The van der Waals surface area contributed by atoms with Gasteiger partial charge in [0.25, 0.3) is 5.69 Å². The summed E-state index contributed by atoms with van der Waals surface area (Å²) >= 11 is 0. The van der Waals surface area contributed by atoms with Crippen LogP contribution >= 0.6 is 0 Å². The van der Waals surface area contributed by atoms with Crippen LogP contribution in [0, 0.1) is 21.6 Å². The number of benzene rings is 1. The third-order valence-corrected chi connectivity index (χ3v) is 3.40. The van der Waals surface area contributed by atoms with E-state index in [4.69, 9.17) is 0 Å². The molecule has 0 saturated carbocycles. The average Bonchev–Trinajstić information content (AvgIpc) is 2.34. The smallest absolute Gasteiger partial charge is 0.264 e. The molecule has 2 aromatic rings. The van der Waals surface area contributed by atoms with Gasteiger partial charge in [-0.3, -0.25) is 15.1 Å². The molecule has 1 heterocycles. The van der Waals surface area contributed by atoms with Crippen molar-refractivity contribution in [3.63, 3.8) is 0 Å². The van der Waals surface area contributed by atoms with Gasteiger partial charge in [-0.25, -0.2) is 0 Å². The summed E-state index contributed by atoms with van der Waals surface area (Å²) in [6, 6.07) is 5.07. The zero-order chi connectivity index (χ0) is 14.0. The Bertz CT molecular complexity index is 709. The maximum Gasteiger partial charge on any atom is 0.285 e. The predicted molar refractivity (Wildman–Crippen MR) is 78.6 cm³/mol. The Balaban J connectivity index is 2.66. The lowest BCUT2D eigenvalue weighted by atomic mass is 10.1. The molecule has 96 valence electrons. The molecule has 0 amide bonds. The van der Waals surface area contributed by atoms with Crippen LogP contribution in [0.3, 0.4) is 0 Å². The molecule has 0 unspecified atom stereocenters. The maximum atomic E-state index is 11.1. The van der Waals surface area contributed by atoms with Crippen LogP contribution in [0.1, 0.15) is 5.56 Å². The van der Waals surface area contributed by atoms with E-state index in [2.05, 4.69) is 36.1 Å². The molecule has 5 heteroatoms. The highest BCUT2D eigenvalue weighted by molar-refractivity contribution is 6.83. The first-order valence-electron chi connectivity index (χ1n) is 5.92. The van der Waals surface area contributed by atoms with Crippen molar-refractivity contribution in [2.24, 2.45) is 0 Å². The van der Waals surface area contributed by atoms with Crippen molar-refractivity contribution in [2.75, 3.05) is 0 Å². The van der Waals surface area contributed by atoms with Crippen molar-refractivity contribution in [1.29, 1.82) is 0 Å². The summed E-state index contributed by atoms with van der Waals surface area (Å²) < 4.78 is 0. The first-order valence-corrected chi connectivity index (χ1v) is 9.42. The highest BCUT2D eigenvalue weighted by Gasteiger charge is 2.15. The number of nitro benzene ring substituents is 1. The van der Waals surface area contributed by atoms with Crippen LogP contribution in [0.4, 0.5) is 5.69 Å². The summed E-state index contributed by atoms with van der Waals surface area (Å²) in [6.45, 7) is 6.32. The van der Waals surface area contributed by atoms with Crippen LogP contribution in [0.2, 0.25) is 19.6 Å². The number of pyridine rings is 1. The molecule has 1 aromatic heterocycles. The first-order chi connectivity index (χ1) is 8.87. The fraction of sp³-hybridized carbons (Fsp3) is 0.214. The van der Waals surface area contributed by atoms with Crippen molar-refractivity contribution in [3.8, 4) is 11.5 Å². The second kappa shape index (κ2) is 4.82. The molecule has 0 spiro atoms. The molecular weight excluding hydrogens is 256 g/mol. The number of nitro groups is 1. The number of rotatable bonds is 1. The lowest BCUT2D eigenvalue weighted by Crippen LogP contribution is -2.16. The second-order valence-electron chi connectivity index (χ2n) is 5.35. The molecule has 1 aromatic carbocycles. The van der Waals surface area contributed by atoms with Gasteiger partial charge in [-0.05, 0) is 17.5 Å². The number of aromatic nitrogens is 1. The van der Waals surface area contributed by atoms with E-state index in [1.807, 2.05) is 0 Å². The summed E-state index contributed by atoms with van der Waals surface area (Å²) in [5, 5.41) is 12.8. The summed E-state index contributed by atoms with van der Waals surface area (Å²) in [7, 11) is -1.56. The molecule has 2 rings (SSSR count). The van der Waals surface area contributed by atoms with Crippen molar-refractivity contribution in [1.82, 2.24) is 4.98 Å². The molecule has 0 atom stereocenters. The van der Waals surface area contributed by atoms with E-state index >= 15 is 0 Å². The Morgan fingerprint density at radius 2 is 2.00 bits per heavy atom. The normalized spacial score (nSPS) is 10.9. The standard InChI is InChI=1S/C14H14N2O2Si/c1-19(2,3)7-5-12-8-13-10-15-6-4-11(13)9-14(12)16(17)18/h4,6,8-10H,1-3H3. The van der Waals surface area contributed by atoms with E-state index in [-0.39, 0.29) is 10.6 Å². The Kier molecular flexibility index (Phi) is 3.36. The molecule has 0 aliphatic carbocycles. The third kappa shape index (κ3) is 3.17. The van der Waals surface area contributed by atoms with Crippen LogP contribution in [0.15, 0.2) is 30.6 Å². The first kappa shape index (κ1) is 13.2. The van der Waals surface area contributed by atoms with Crippen LogP contribution < -0.4 is 0 Å². The van der Waals surface area contributed by atoms with Gasteiger partial charge in [-0.2, -0.15) is 0 Å². The van der Waals surface area contributed by atoms with Crippen LogP contribution in [0.25, 0.3) is 10.8 Å². The zero-order valence-corrected chi connectivity index (χ0v) is 12.1. The van der Waals surface area contributed by atoms with E-state index < -0.39 is 8.07 Å². The molecule has 0 aliphatic heterocycles. The van der Waals surface area contributed by atoms with Gasteiger partial charge in [0.2, 0.25) is 0 Å². The Labute approximate surface area is 112 Å². The third-order valence-electron chi connectivity index (χ3n) is 2.52. The van der Waals surface area contributed by atoms with Gasteiger partial charge in [-0.1, -0.05) is 25.6 Å². The molecule has 0 aliphatic rings. The lowest BCUT2D eigenvalue weighted by Gasteiger charge is -2.04. The fourth-order valence-corrected chi connectivity index (χ4v) is 2.14. The molecule has 0 fully saturated rings. The average molecular weight is 270 g/mol. The van der Waals surface area contributed by atoms with Crippen molar-refractivity contribution in [2.45, 2.75) is 19.6 Å². The van der Waals surface area contributed by atoms with Crippen molar-refractivity contribution in [3.05, 3.63) is 46.3 Å². The molecule has 0 bridgehead atoms. The summed E-state index contributed by atoms with van der Waals surface area (Å²) in [5.74, 6) is 2.97. The maximum absolute atomic E-state index is 11.1. The van der Waals surface area contributed by atoms with Crippen LogP contribution in [0.5, 0.6) is 0 Å². The van der Waals surface area contributed by atoms with Gasteiger partial charge in [0, 0.05) is 23.8 Å². The highest BCUT2D eigenvalue weighted by atomic mass is 28.3. The van der Waals surface area contributed by atoms with E-state index in [0.29, 0.717) is 5.56 Å². The van der Waals surface area contributed by atoms with Crippen molar-refractivity contribution < 1.29 is 4.92 Å². The predicted octanol–water partition coefficient (Wildman–Crippen LogP) is 3.37. The minimum atomic E-state index is -1.56. The topological polar surface area (TPSA) is 56.0 Å². The Hall–Kier alpha value is -2.19. The van der Waals surface area contributed by atoms with E-state index in [1.54, 1.807) is 30.6 Å². The van der Waals surface area contributed by atoms with Gasteiger partial charge in [0.05, 0.1) is 4.92 Å². The minimum Gasteiger partial charge on any atom is -0.264 e. The summed E-state index contributed by atoms with van der Waals surface area (Å²) in [4.78, 5) is 14.8. The lowest BCUT2D eigenvalue weighted by molar-refractivity contribution is -0.385. The fourth-order valence-electron chi connectivity index (χ4n) is 1.63. The molecule has 19 heavy (non-hydrogen) atoms. The zero-order valence-electron chi connectivity index (χ0n) is 11.1. The van der Waals surface area contributed by atoms with E-state index in [9.17, 15) is 10.1 Å². The molecule has 0 radical (unpaired) electrons. The highest BCUT2D eigenvalue weighted by Crippen LogP contribution is 2.24. The van der Waals surface area contributed by atoms with Gasteiger partial charge in [0.15, 0.2) is 0 Å². The number of nitrogens with zero attached hydrogens (tertiary/aromatic N) is 2. The summed E-state index contributed by atoms with van der Waals surface area (Å²) in [6.07, 6.45) is 3.32. The quantitative estimate of drug-likeness (QED) is 0.345. The molecule has 4 nitrogen and oxygen atoms in total. The Morgan fingerprint density at radius 1 is 1.26 bits per heavy atom. The number of hydrogen-bond donors (Lipinski definition) is 0. The number of fused-ring (bicyclic) bond motifs is 1. The molecule has 0 saturated heterocycles. The van der Waals surface area contributed by atoms with Gasteiger partial charge >= 0.3 is 0 Å². The second-order valence-corrected chi connectivity index (χ2v) is 10.1. The van der Waals surface area contributed by atoms with Gasteiger partial charge in [0.1, 0.15) is 13.6 Å². The molecular formula is C14H14N2O2Si. The minimum absolute atomic E-state index is 0.0597. The number of hydrogen-bond acceptors (Lipinski definition) is 3. The van der Waals surface area contributed by atoms with Crippen molar-refractivity contribution >= 4 is 24.5 Å². The monoisotopic (exact) mass is 270 g/mol. The van der Waals surface area contributed by atoms with Gasteiger partial charge < -0.3 is 0 Å². The Morgan fingerprint density at radius 3 is 2.63 bits per heavy atom. The van der Waals surface area contributed by atoms with E-state index in [0.717, 1.165) is 10.8 Å². The van der Waals surface area contributed by atoms with Gasteiger partial charge in [-0.15, -0.1) is 5.54 Å². The molecule has 0 N–H and O–H groups in total. The van der Waals surface area contributed by atoms with E-state index in [1.165, 1.54) is 0 Å². The van der Waals surface area contributed by atoms with Crippen LogP contribution in [-0.4, -0.2) is 18.0 Å². The SMILES string of the molecule is C[Si](C)(C)C#Cc1cc2cnccc2cc1[N+](=O)[O-]. The van der Waals surface area contributed by atoms with Crippen LogP contribution in [-0.2, 0) is 0 Å². The largest absolute Gasteiger partial charge is 0.285 e.